The van der Waals surface area contributed by atoms with E-state index in [1.54, 1.807) is 0 Å². The van der Waals surface area contributed by atoms with Crippen LogP contribution in [-0.4, -0.2) is 46.7 Å². The summed E-state index contributed by atoms with van der Waals surface area (Å²) in [5, 5.41) is 11.0. The summed E-state index contributed by atoms with van der Waals surface area (Å²) < 4.78 is 2.48. The Balaban J connectivity index is 1.46. The van der Waals surface area contributed by atoms with E-state index in [9.17, 15) is 9.90 Å². The lowest BCUT2D eigenvalue weighted by Crippen LogP contribution is -2.41. The van der Waals surface area contributed by atoms with Gasteiger partial charge in [0.15, 0.2) is 0 Å². The van der Waals surface area contributed by atoms with Crippen molar-refractivity contribution in [2.45, 2.75) is 76.3 Å². The lowest BCUT2D eigenvalue weighted by molar-refractivity contribution is 0.0697. The Morgan fingerprint density at radius 3 is 2.44 bits per heavy atom. The molecule has 5 nitrogen and oxygen atoms in total. The highest BCUT2D eigenvalue weighted by Gasteiger charge is 2.36. The average Bonchev–Trinajstić information content (AvgIpc) is 3.16. The van der Waals surface area contributed by atoms with E-state index < -0.39 is 5.97 Å². The van der Waals surface area contributed by atoms with Gasteiger partial charge in [-0.1, -0.05) is 49.9 Å². The van der Waals surface area contributed by atoms with Crippen LogP contribution in [0.2, 0.25) is 0 Å². The molecule has 2 aromatic carbocycles. The molecule has 4 aliphatic rings. The molecule has 3 aliphatic heterocycles. The fraction of sp³-hybridized carbons (Fsp3) is 0.516. The third-order valence-corrected chi connectivity index (χ3v) is 9.46. The largest absolute Gasteiger partial charge is 0.478 e. The summed E-state index contributed by atoms with van der Waals surface area (Å²) in [6.45, 7) is 5.44. The number of anilines is 1. The molecular weight excluding hydrogens is 446 g/mol. The Labute approximate surface area is 213 Å². The smallest absolute Gasteiger partial charge is 0.335 e. The quantitative estimate of drug-likeness (QED) is 0.445. The number of hydrogen-bond acceptors (Lipinski definition) is 3. The van der Waals surface area contributed by atoms with Crippen molar-refractivity contribution in [3.63, 3.8) is 0 Å². The number of carboxylic acids is 1. The van der Waals surface area contributed by atoms with Crippen LogP contribution in [0, 0.1) is 0 Å². The normalized spacial score (nSPS) is 22.8. The van der Waals surface area contributed by atoms with Gasteiger partial charge in [-0.2, -0.15) is 0 Å². The van der Waals surface area contributed by atoms with Gasteiger partial charge in [-0.05, 0) is 74.4 Å². The van der Waals surface area contributed by atoms with Gasteiger partial charge in [0.1, 0.15) is 0 Å². The van der Waals surface area contributed by atoms with Crippen LogP contribution in [0.4, 0.5) is 5.69 Å². The molecule has 3 aromatic rings. The van der Waals surface area contributed by atoms with E-state index in [1.807, 2.05) is 12.1 Å². The highest BCUT2D eigenvalue weighted by molar-refractivity contribution is 6.00. The number of piperidine rings is 1. The topological polar surface area (TPSA) is 48.7 Å². The molecule has 1 N–H and O–H groups in total. The minimum atomic E-state index is -0.841. The Hall–Kier alpha value is -2.79. The van der Waals surface area contributed by atoms with Gasteiger partial charge in [0.05, 0.1) is 16.9 Å². The van der Waals surface area contributed by atoms with Crippen molar-refractivity contribution >= 4 is 22.6 Å². The lowest BCUT2D eigenvalue weighted by Gasteiger charge is -2.42. The van der Waals surface area contributed by atoms with Crippen molar-refractivity contribution < 1.29 is 9.90 Å². The highest BCUT2D eigenvalue weighted by atomic mass is 16.4. The molecule has 5 heteroatoms. The minimum Gasteiger partial charge on any atom is -0.478 e. The van der Waals surface area contributed by atoms with Gasteiger partial charge >= 0.3 is 5.97 Å². The second kappa shape index (κ2) is 8.95. The van der Waals surface area contributed by atoms with Crippen LogP contribution in [0.3, 0.4) is 0 Å². The number of aromatic nitrogens is 1. The van der Waals surface area contributed by atoms with Crippen molar-refractivity contribution in [3.8, 4) is 11.3 Å². The third kappa shape index (κ3) is 3.50. The van der Waals surface area contributed by atoms with Gasteiger partial charge in [-0.15, -0.1) is 0 Å². The molecule has 1 saturated heterocycles. The zero-order chi connectivity index (χ0) is 24.2. The van der Waals surface area contributed by atoms with Gasteiger partial charge < -0.3 is 14.6 Å². The van der Waals surface area contributed by atoms with Crippen LogP contribution in [0.1, 0.15) is 91.2 Å². The van der Waals surface area contributed by atoms with Gasteiger partial charge in [-0.3, -0.25) is 4.90 Å². The molecule has 0 spiro atoms. The molecule has 36 heavy (non-hydrogen) atoms. The van der Waals surface area contributed by atoms with E-state index in [-0.39, 0.29) is 0 Å². The Bertz CT molecular complexity index is 1310. The fourth-order valence-corrected chi connectivity index (χ4v) is 7.81. The SMILES string of the molecule is O=C(O)c1ccc2c(C3CCCCC3)c3n(c2c1)CCN1CCC(N2CCCCC2)c2cccc-3c21. The molecule has 188 valence electrons. The van der Waals surface area contributed by atoms with Crippen LogP contribution in [-0.2, 0) is 6.54 Å². The van der Waals surface area contributed by atoms with Crippen LogP contribution in [0.25, 0.3) is 22.2 Å². The number of para-hydroxylation sites is 1. The lowest BCUT2D eigenvalue weighted by atomic mass is 9.81. The van der Waals surface area contributed by atoms with Gasteiger partial charge in [0, 0.05) is 42.1 Å². The predicted molar refractivity (Wildman–Crippen MR) is 145 cm³/mol. The zero-order valence-corrected chi connectivity index (χ0v) is 21.2. The Kier molecular flexibility index (Phi) is 5.57. The molecule has 1 aromatic heterocycles. The molecule has 0 radical (unpaired) electrons. The molecule has 1 saturated carbocycles. The number of nitrogens with zero attached hydrogens (tertiary/aromatic N) is 3. The van der Waals surface area contributed by atoms with Crippen molar-refractivity contribution in [1.29, 1.82) is 0 Å². The predicted octanol–water partition coefficient (Wildman–Crippen LogP) is 6.80. The standard InChI is InChI=1S/C31H37N3O2/c35-31(36)22-12-13-23-27(20-22)34-19-18-33-17-14-26(32-15-5-2-6-16-32)24-10-7-11-25(29(24)33)30(34)28(23)21-8-3-1-4-9-21/h7,10-13,20-21,26H,1-6,8-9,14-19H2,(H,35,36). The number of rotatable bonds is 3. The van der Waals surface area contributed by atoms with Gasteiger partial charge in [0.2, 0.25) is 0 Å². The number of benzene rings is 2. The highest BCUT2D eigenvalue weighted by Crippen LogP contribution is 2.51. The van der Waals surface area contributed by atoms with E-state index in [0.717, 1.165) is 25.2 Å². The number of hydrogen-bond donors (Lipinski definition) is 1. The third-order valence-electron chi connectivity index (χ3n) is 9.46. The molecule has 2 fully saturated rings. The monoisotopic (exact) mass is 483 g/mol. The summed E-state index contributed by atoms with van der Waals surface area (Å²) >= 11 is 0. The number of aromatic carboxylic acids is 1. The average molecular weight is 484 g/mol. The van der Waals surface area contributed by atoms with Crippen molar-refractivity contribution in [3.05, 3.63) is 53.1 Å². The van der Waals surface area contributed by atoms with E-state index >= 15 is 0 Å². The van der Waals surface area contributed by atoms with Crippen LogP contribution < -0.4 is 4.90 Å². The number of fused-ring (bicyclic) bond motifs is 4. The first-order valence-electron chi connectivity index (χ1n) is 14.2. The Morgan fingerprint density at radius 1 is 0.833 bits per heavy atom. The fourth-order valence-electron chi connectivity index (χ4n) is 7.81. The van der Waals surface area contributed by atoms with Crippen molar-refractivity contribution in [1.82, 2.24) is 9.47 Å². The summed E-state index contributed by atoms with van der Waals surface area (Å²) in [7, 11) is 0. The zero-order valence-electron chi connectivity index (χ0n) is 21.2. The molecule has 1 unspecified atom stereocenters. The first-order chi connectivity index (χ1) is 17.7. The summed E-state index contributed by atoms with van der Waals surface area (Å²) in [6.07, 6.45) is 11.6. The first kappa shape index (κ1) is 22.4. The summed E-state index contributed by atoms with van der Waals surface area (Å²) in [5.74, 6) is -0.288. The molecular formula is C31H37N3O2. The maximum absolute atomic E-state index is 11.9. The number of carbonyl (C=O) groups is 1. The van der Waals surface area contributed by atoms with Gasteiger partial charge in [0.25, 0.3) is 0 Å². The van der Waals surface area contributed by atoms with E-state index in [0.29, 0.717) is 17.5 Å². The van der Waals surface area contributed by atoms with E-state index in [2.05, 4.69) is 38.6 Å². The minimum absolute atomic E-state index is 0.391. The van der Waals surface area contributed by atoms with Crippen molar-refractivity contribution in [2.24, 2.45) is 0 Å². The summed E-state index contributed by atoms with van der Waals surface area (Å²) in [4.78, 5) is 17.3. The van der Waals surface area contributed by atoms with E-state index in [4.69, 9.17) is 0 Å². The molecule has 0 bridgehead atoms. The van der Waals surface area contributed by atoms with Crippen LogP contribution >= 0.6 is 0 Å². The molecule has 1 aliphatic carbocycles. The Morgan fingerprint density at radius 2 is 1.64 bits per heavy atom. The molecule has 1 atom stereocenters. The number of likely N-dealkylation sites (tertiary alicyclic amines) is 1. The van der Waals surface area contributed by atoms with Crippen molar-refractivity contribution in [2.75, 3.05) is 31.1 Å². The van der Waals surface area contributed by atoms with Crippen LogP contribution in [0.5, 0.6) is 0 Å². The van der Waals surface area contributed by atoms with Crippen LogP contribution in [0.15, 0.2) is 36.4 Å². The molecule has 7 rings (SSSR count). The van der Waals surface area contributed by atoms with E-state index in [1.165, 1.54) is 104 Å². The first-order valence-corrected chi connectivity index (χ1v) is 14.2. The maximum Gasteiger partial charge on any atom is 0.335 e. The summed E-state index contributed by atoms with van der Waals surface area (Å²) in [5.41, 5.74) is 8.70. The molecule has 4 heterocycles. The number of carboxylic acid groups (broad SMARTS) is 1. The maximum atomic E-state index is 11.9. The second-order valence-corrected chi connectivity index (χ2v) is 11.4. The molecule has 0 amide bonds. The second-order valence-electron chi connectivity index (χ2n) is 11.4. The van der Waals surface area contributed by atoms with Gasteiger partial charge in [-0.25, -0.2) is 4.79 Å². The summed E-state index contributed by atoms with van der Waals surface area (Å²) in [6, 6.07) is 13.4.